The van der Waals surface area contributed by atoms with Crippen molar-refractivity contribution in [1.29, 1.82) is 0 Å². The molecular weight excluding hydrogens is 438 g/mol. The van der Waals surface area contributed by atoms with E-state index < -0.39 is 0 Å². The zero-order valence-electron chi connectivity index (χ0n) is 20.6. The largest absolute Gasteiger partial charge is 0.382 e. The second-order valence-electron chi connectivity index (χ2n) is 10.9. The molecule has 8 nitrogen and oxygen atoms in total. The molecule has 6 N–H and O–H groups in total. The van der Waals surface area contributed by atoms with Crippen LogP contribution in [0.25, 0.3) is 22.5 Å². The molecule has 35 heavy (non-hydrogen) atoms. The summed E-state index contributed by atoms with van der Waals surface area (Å²) in [5.74, 6) is 6.64. The van der Waals surface area contributed by atoms with Gasteiger partial charge in [-0.15, -0.1) is 5.10 Å². The van der Waals surface area contributed by atoms with E-state index in [1.54, 1.807) is 0 Å². The van der Waals surface area contributed by atoms with Crippen molar-refractivity contribution in [3.8, 4) is 22.5 Å². The smallest absolute Gasteiger partial charge is 0.260 e. The van der Waals surface area contributed by atoms with Gasteiger partial charge in [0, 0.05) is 24.0 Å². The number of benzene rings is 1. The maximum absolute atomic E-state index is 13.2. The van der Waals surface area contributed by atoms with Gasteiger partial charge in [-0.25, -0.2) is 11.4 Å². The molecule has 2 fully saturated rings. The minimum Gasteiger partial charge on any atom is -0.382 e. The SMILES string of the molecule is CC1(C)CCC(c2ccc(-c3cc(-c4ccn(CC5CC5)n4)c(/C(N)=N/NN)c(=O)[nH]3)cc2)CC1. The number of nitrogens with one attached hydrogen (secondary N) is 2. The van der Waals surface area contributed by atoms with Gasteiger partial charge >= 0.3 is 0 Å². The van der Waals surface area contributed by atoms with Crippen LogP contribution in [0.15, 0.2) is 52.5 Å². The highest BCUT2D eigenvalue weighted by molar-refractivity contribution is 6.03. The van der Waals surface area contributed by atoms with Crippen LogP contribution in [0.1, 0.15) is 69.4 Å². The van der Waals surface area contributed by atoms with Crippen LogP contribution in [0.3, 0.4) is 0 Å². The van der Waals surface area contributed by atoms with Gasteiger partial charge in [0.2, 0.25) is 0 Å². The van der Waals surface area contributed by atoms with Gasteiger partial charge in [0.1, 0.15) is 0 Å². The molecule has 0 unspecified atom stereocenters. The summed E-state index contributed by atoms with van der Waals surface area (Å²) < 4.78 is 1.94. The van der Waals surface area contributed by atoms with Crippen LogP contribution in [0.4, 0.5) is 0 Å². The van der Waals surface area contributed by atoms with Gasteiger partial charge in [-0.1, -0.05) is 38.1 Å². The Morgan fingerprint density at radius 3 is 2.54 bits per heavy atom. The first-order valence-corrected chi connectivity index (χ1v) is 12.5. The Labute approximate surface area is 205 Å². The first-order valence-electron chi connectivity index (χ1n) is 12.5. The number of amidine groups is 1. The van der Waals surface area contributed by atoms with Crippen molar-refractivity contribution in [2.24, 2.45) is 28.0 Å². The zero-order chi connectivity index (χ0) is 24.6. The van der Waals surface area contributed by atoms with E-state index in [1.807, 2.05) is 23.0 Å². The average Bonchev–Trinajstić information content (AvgIpc) is 3.53. The third-order valence-corrected chi connectivity index (χ3v) is 7.57. The van der Waals surface area contributed by atoms with Crippen LogP contribution in [0, 0.1) is 11.3 Å². The van der Waals surface area contributed by atoms with Crippen molar-refractivity contribution in [1.82, 2.24) is 20.3 Å². The number of rotatable bonds is 7. The number of aromatic nitrogens is 3. The van der Waals surface area contributed by atoms with Gasteiger partial charge in [-0.3, -0.25) is 9.48 Å². The molecule has 2 saturated carbocycles. The van der Waals surface area contributed by atoms with Crippen LogP contribution in [-0.2, 0) is 6.54 Å². The van der Waals surface area contributed by atoms with E-state index in [-0.39, 0.29) is 17.0 Å². The molecule has 0 aliphatic heterocycles. The average molecular weight is 474 g/mol. The van der Waals surface area contributed by atoms with Gasteiger partial charge in [0.15, 0.2) is 5.84 Å². The molecule has 3 aromatic rings. The third-order valence-electron chi connectivity index (χ3n) is 7.57. The van der Waals surface area contributed by atoms with Crippen LogP contribution in [0.2, 0.25) is 0 Å². The Hall–Kier alpha value is -3.39. The lowest BCUT2D eigenvalue weighted by Gasteiger charge is -2.34. The van der Waals surface area contributed by atoms with Crippen molar-refractivity contribution >= 4 is 5.84 Å². The third kappa shape index (κ3) is 5.17. The van der Waals surface area contributed by atoms with Crippen LogP contribution < -0.4 is 22.7 Å². The van der Waals surface area contributed by atoms with Crippen LogP contribution in [-0.4, -0.2) is 20.6 Å². The standard InChI is InChI=1S/C27H35N7O/c1-27(2)12-9-19(10-13-27)18-5-7-20(8-6-18)23-15-21(24(26(35)30-23)25(28)31-33-29)22-11-14-34(32-22)16-17-3-4-17/h5-8,11,14-15,17,19,33H,3-4,9-10,12-13,16,29H2,1-2H3,(H2,28,31)(H,30,35). The molecule has 2 aliphatic carbocycles. The number of nitrogens with two attached hydrogens (primary N) is 2. The Bertz CT molecular complexity index is 1270. The maximum Gasteiger partial charge on any atom is 0.260 e. The van der Waals surface area contributed by atoms with E-state index in [1.165, 1.54) is 44.1 Å². The van der Waals surface area contributed by atoms with E-state index in [4.69, 9.17) is 16.7 Å². The van der Waals surface area contributed by atoms with E-state index >= 15 is 0 Å². The summed E-state index contributed by atoms with van der Waals surface area (Å²) in [5, 5.41) is 8.58. The van der Waals surface area contributed by atoms with Crippen molar-refractivity contribution < 1.29 is 0 Å². The van der Waals surface area contributed by atoms with Crippen LogP contribution >= 0.6 is 0 Å². The highest BCUT2D eigenvalue weighted by atomic mass is 16.1. The summed E-state index contributed by atoms with van der Waals surface area (Å²) in [6.07, 6.45) is 9.39. The topological polar surface area (TPSA) is 127 Å². The molecule has 0 amide bonds. The number of hydrogen-bond acceptors (Lipinski definition) is 5. The first kappa shape index (κ1) is 23.4. The highest BCUT2D eigenvalue weighted by Crippen LogP contribution is 2.42. The zero-order valence-corrected chi connectivity index (χ0v) is 20.6. The summed E-state index contributed by atoms with van der Waals surface area (Å²) in [7, 11) is 0. The van der Waals surface area contributed by atoms with Gasteiger partial charge < -0.3 is 10.7 Å². The van der Waals surface area contributed by atoms with E-state index in [0.29, 0.717) is 28.5 Å². The Morgan fingerprint density at radius 1 is 1.17 bits per heavy atom. The van der Waals surface area contributed by atoms with Gasteiger partial charge in [-0.2, -0.15) is 5.10 Å². The minimum absolute atomic E-state index is 0.0163. The quantitative estimate of drug-likeness (QED) is 0.178. The number of pyridine rings is 1. The minimum atomic E-state index is -0.329. The second kappa shape index (κ2) is 9.34. The lowest BCUT2D eigenvalue weighted by molar-refractivity contribution is 0.224. The molecule has 2 aliphatic rings. The number of H-pyrrole nitrogens is 1. The second-order valence-corrected chi connectivity index (χ2v) is 10.9. The number of hydrogen-bond donors (Lipinski definition) is 4. The highest BCUT2D eigenvalue weighted by Gasteiger charge is 2.27. The van der Waals surface area contributed by atoms with Crippen molar-refractivity contribution in [3.05, 3.63) is 64.1 Å². The lowest BCUT2D eigenvalue weighted by atomic mass is 9.71. The summed E-state index contributed by atoms with van der Waals surface area (Å²) in [6, 6.07) is 12.4. The molecule has 1 aromatic carbocycles. The first-order chi connectivity index (χ1) is 16.8. The fourth-order valence-corrected chi connectivity index (χ4v) is 5.14. The monoisotopic (exact) mass is 473 g/mol. The van der Waals surface area contributed by atoms with E-state index in [2.05, 4.69) is 53.7 Å². The van der Waals surface area contributed by atoms with E-state index in [9.17, 15) is 4.79 Å². The van der Waals surface area contributed by atoms with Crippen molar-refractivity contribution in [2.45, 2.75) is 64.8 Å². The molecule has 0 spiro atoms. The summed E-state index contributed by atoms with van der Waals surface area (Å²) >= 11 is 0. The molecule has 8 heteroatoms. The number of hydrazone groups is 1. The predicted octanol–water partition coefficient (Wildman–Crippen LogP) is 4.08. The Morgan fingerprint density at radius 2 is 1.89 bits per heavy atom. The normalized spacial score (nSPS) is 18.5. The molecule has 0 radical (unpaired) electrons. The van der Waals surface area contributed by atoms with Crippen molar-refractivity contribution in [3.63, 3.8) is 0 Å². The van der Waals surface area contributed by atoms with Gasteiger partial charge in [-0.05, 0) is 79.0 Å². The predicted molar refractivity (Wildman–Crippen MR) is 139 cm³/mol. The van der Waals surface area contributed by atoms with Gasteiger partial charge in [0.25, 0.3) is 5.56 Å². The fourth-order valence-electron chi connectivity index (χ4n) is 5.14. The molecule has 2 heterocycles. The number of nitrogens with zero attached hydrogens (tertiary/aromatic N) is 3. The summed E-state index contributed by atoms with van der Waals surface area (Å²) in [6.45, 7) is 5.61. The Balaban J connectivity index is 1.48. The maximum atomic E-state index is 13.2. The fraction of sp³-hybridized carbons (Fsp3) is 0.444. The molecule has 5 rings (SSSR count). The Kier molecular flexibility index (Phi) is 6.23. The molecule has 0 bridgehead atoms. The molecule has 2 aromatic heterocycles. The number of hydrazine groups is 1. The summed E-state index contributed by atoms with van der Waals surface area (Å²) in [4.78, 5) is 16.2. The lowest BCUT2D eigenvalue weighted by Crippen LogP contribution is -2.30. The van der Waals surface area contributed by atoms with E-state index in [0.717, 1.165) is 17.8 Å². The van der Waals surface area contributed by atoms with Crippen molar-refractivity contribution in [2.75, 3.05) is 0 Å². The molecule has 184 valence electrons. The number of aromatic amines is 1. The van der Waals surface area contributed by atoms with Crippen LogP contribution in [0.5, 0.6) is 0 Å². The van der Waals surface area contributed by atoms with Gasteiger partial charge in [0.05, 0.1) is 11.3 Å². The molecular formula is C27H35N7O. The molecule has 0 saturated heterocycles. The summed E-state index contributed by atoms with van der Waals surface area (Å²) in [5.41, 5.74) is 13.0. The molecule has 0 atom stereocenters.